The monoisotopic (exact) mass is 619 g/mol. The van der Waals surface area contributed by atoms with Crippen molar-refractivity contribution in [3.05, 3.63) is 114 Å². The van der Waals surface area contributed by atoms with Crippen LogP contribution < -0.4 is 5.73 Å². The van der Waals surface area contributed by atoms with Gasteiger partial charge in [0.25, 0.3) is 5.91 Å². The number of amides is 3. The van der Waals surface area contributed by atoms with Crippen LogP contribution in [0, 0.1) is 6.92 Å². The molecule has 2 heterocycles. The molecule has 8 heteroatoms. The molecule has 1 fully saturated rings. The first-order valence-electron chi connectivity index (χ1n) is 16.2. The number of hydrogen-bond donors (Lipinski definition) is 1. The molecule has 1 aliphatic heterocycles. The van der Waals surface area contributed by atoms with Crippen molar-refractivity contribution in [1.82, 2.24) is 19.3 Å². The first kappa shape index (κ1) is 32.7. The second-order valence-corrected chi connectivity index (χ2v) is 12.4. The van der Waals surface area contributed by atoms with Gasteiger partial charge in [-0.3, -0.25) is 19.3 Å². The van der Waals surface area contributed by atoms with Gasteiger partial charge in [0.05, 0.1) is 11.3 Å². The average molecular weight is 620 g/mol. The van der Waals surface area contributed by atoms with Gasteiger partial charge < -0.3 is 20.1 Å². The van der Waals surface area contributed by atoms with Crippen molar-refractivity contribution in [2.45, 2.75) is 58.7 Å². The van der Waals surface area contributed by atoms with Crippen molar-refractivity contribution < 1.29 is 14.4 Å². The molecule has 1 aliphatic rings. The molecule has 0 bridgehead atoms. The smallest absolute Gasteiger partial charge is 0.256 e. The number of nitrogens with two attached hydrogens (primary N) is 1. The molecule has 0 spiro atoms. The second kappa shape index (κ2) is 15.1. The van der Waals surface area contributed by atoms with Gasteiger partial charge in [-0.2, -0.15) is 0 Å². The summed E-state index contributed by atoms with van der Waals surface area (Å²) < 4.78 is 2.17. The van der Waals surface area contributed by atoms with E-state index in [1.807, 2.05) is 79.1 Å². The minimum atomic E-state index is -0.482. The highest BCUT2D eigenvalue weighted by atomic mass is 16.2. The number of benzene rings is 3. The third-order valence-electron chi connectivity index (χ3n) is 8.79. The Balaban J connectivity index is 1.47. The van der Waals surface area contributed by atoms with Crippen LogP contribution in [-0.2, 0) is 16.1 Å². The molecule has 1 atom stereocenters. The lowest BCUT2D eigenvalue weighted by Crippen LogP contribution is -2.56. The molecule has 2 N–H and O–H groups in total. The lowest BCUT2D eigenvalue weighted by atomic mass is 10.0. The van der Waals surface area contributed by atoms with E-state index in [4.69, 9.17) is 5.73 Å². The quantitative estimate of drug-likeness (QED) is 0.221. The molecule has 3 aromatic carbocycles. The van der Waals surface area contributed by atoms with Crippen molar-refractivity contribution in [2.75, 3.05) is 26.2 Å². The van der Waals surface area contributed by atoms with Crippen LogP contribution in [0.15, 0.2) is 97.1 Å². The van der Waals surface area contributed by atoms with E-state index in [0.29, 0.717) is 31.6 Å². The van der Waals surface area contributed by atoms with Crippen LogP contribution in [-0.4, -0.2) is 75.3 Å². The van der Waals surface area contributed by atoms with Crippen LogP contribution in [0.3, 0.4) is 0 Å². The maximum atomic E-state index is 14.7. The van der Waals surface area contributed by atoms with Gasteiger partial charge in [-0.25, -0.2) is 0 Å². The maximum Gasteiger partial charge on any atom is 0.256 e. The summed E-state index contributed by atoms with van der Waals surface area (Å²) >= 11 is 0. The molecule has 0 aliphatic carbocycles. The Morgan fingerprint density at radius 3 is 2.13 bits per heavy atom. The highest BCUT2D eigenvalue weighted by Gasteiger charge is 2.34. The predicted molar refractivity (Wildman–Crippen MR) is 182 cm³/mol. The Morgan fingerprint density at radius 2 is 1.50 bits per heavy atom. The van der Waals surface area contributed by atoms with E-state index in [1.54, 1.807) is 0 Å². The number of aromatic nitrogens is 1. The first-order valence-corrected chi connectivity index (χ1v) is 16.2. The fourth-order valence-electron chi connectivity index (χ4n) is 6.50. The van der Waals surface area contributed by atoms with Gasteiger partial charge in [-0.1, -0.05) is 78.9 Å². The van der Waals surface area contributed by atoms with Crippen molar-refractivity contribution >= 4 is 17.7 Å². The summed E-state index contributed by atoms with van der Waals surface area (Å²) in [5.41, 5.74) is 11.1. The van der Waals surface area contributed by atoms with Crippen LogP contribution in [0.25, 0.3) is 16.9 Å². The molecule has 1 aromatic heterocycles. The summed E-state index contributed by atoms with van der Waals surface area (Å²) in [6.45, 7) is 9.32. The number of rotatable bonds is 12. The molecule has 0 saturated carbocycles. The summed E-state index contributed by atoms with van der Waals surface area (Å²) in [6, 6.07) is 32.5. The lowest BCUT2D eigenvalue weighted by Gasteiger charge is -2.42. The number of para-hydroxylation sites is 1. The summed E-state index contributed by atoms with van der Waals surface area (Å²) in [7, 11) is 0. The van der Waals surface area contributed by atoms with Gasteiger partial charge in [0.15, 0.2) is 0 Å². The summed E-state index contributed by atoms with van der Waals surface area (Å²) in [5, 5.41) is 0. The Labute approximate surface area is 272 Å². The first-order chi connectivity index (χ1) is 22.2. The van der Waals surface area contributed by atoms with E-state index < -0.39 is 5.91 Å². The minimum Gasteiger partial charge on any atom is -0.370 e. The minimum absolute atomic E-state index is 0.00264. The van der Waals surface area contributed by atoms with Gasteiger partial charge in [-0.15, -0.1) is 0 Å². The number of piperazine rings is 1. The van der Waals surface area contributed by atoms with Gasteiger partial charge in [-0.05, 0) is 56.5 Å². The Kier molecular flexibility index (Phi) is 10.7. The van der Waals surface area contributed by atoms with E-state index in [9.17, 15) is 14.4 Å². The van der Waals surface area contributed by atoms with E-state index in [2.05, 4.69) is 58.0 Å². The normalized spacial score (nSPS) is 15.2. The zero-order valence-electron chi connectivity index (χ0n) is 27.1. The zero-order chi connectivity index (χ0) is 32.6. The predicted octanol–water partition coefficient (Wildman–Crippen LogP) is 5.67. The Bertz CT molecular complexity index is 1620. The number of carbonyl (C=O) groups is 3. The Morgan fingerprint density at radius 1 is 0.870 bits per heavy atom. The number of hydrogen-bond acceptors (Lipinski definition) is 4. The standard InChI is InChI=1S/C38H45N5O3/c1-28(2)41(36(45)20-19-35(39)44)22-21-33-27-40(26-30-13-7-4-8-14-30)23-24-42(33)38(46)34-25-29(3)43(32-17-11-6-12-18-32)37(34)31-15-9-5-10-16-31/h4-18,25,28,33H,19-24,26-27H2,1-3H3,(H2,39,44). The van der Waals surface area contributed by atoms with Crippen molar-refractivity contribution in [3.8, 4) is 16.9 Å². The number of primary amides is 1. The topological polar surface area (TPSA) is 91.9 Å². The van der Waals surface area contributed by atoms with Gasteiger partial charge in [0.2, 0.25) is 11.8 Å². The second-order valence-electron chi connectivity index (χ2n) is 12.4. The summed E-state index contributed by atoms with van der Waals surface area (Å²) in [6.07, 6.45) is 0.741. The van der Waals surface area contributed by atoms with E-state index in [1.165, 1.54) is 5.56 Å². The lowest BCUT2D eigenvalue weighted by molar-refractivity contribution is -0.134. The average Bonchev–Trinajstić information content (AvgIpc) is 3.41. The van der Waals surface area contributed by atoms with Crippen LogP contribution in [0.2, 0.25) is 0 Å². The molecule has 3 amide bonds. The van der Waals surface area contributed by atoms with E-state index in [-0.39, 0.29) is 36.7 Å². The van der Waals surface area contributed by atoms with Crippen LogP contribution in [0.4, 0.5) is 0 Å². The molecular weight excluding hydrogens is 574 g/mol. The molecule has 0 radical (unpaired) electrons. The highest BCUT2D eigenvalue weighted by Crippen LogP contribution is 2.33. The fraction of sp³-hybridized carbons (Fsp3) is 0.342. The summed E-state index contributed by atoms with van der Waals surface area (Å²) in [4.78, 5) is 45.4. The van der Waals surface area contributed by atoms with Crippen molar-refractivity contribution in [1.29, 1.82) is 0 Å². The van der Waals surface area contributed by atoms with Crippen molar-refractivity contribution in [3.63, 3.8) is 0 Å². The largest absolute Gasteiger partial charge is 0.370 e. The van der Waals surface area contributed by atoms with Crippen LogP contribution in [0.5, 0.6) is 0 Å². The SMILES string of the molecule is Cc1cc(C(=O)N2CCN(Cc3ccccc3)CC2CCN(C(=O)CCC(N)=O)C(C)C)c(-c2ccccc2)n1-c1ccccc1. The number of carbonyl (C=O) groups excluding carboxylic acids is 3. The zero-order valence-corrected chi connectivity index (χ0v) is 27.1. The fourth-order valence-corrected chi connectivity index (χ4v) is 6.50. The molecular formula is C38H45N5O3. The molecule has 5 rings (SSSR count). The summed E-state index contributed by atoms with van der Waals surface area (Å²) in [5.74, 6) is -0.577. The van der Waals surface area contributed by atoms with Crippen LogP contribution >= 0.6 is 0 Å². The van der Waals surface area contributed by atoms with Gasteiger partial charge in [0, 0.05) is 69.0 Å². The van der Waals surface area contributed by atoms with E-state index in [0.717, 1.165) is 35.7 Å². The number of nitrogens with zero attached hydrogens (tertiary/aromatic N) is 4. The number of aryl methyl sites for hydroxylation is 1. The van der Waals surface area contributed by atoms with Gasteiger partial charge >= 0.3 is 0 Å². The molecule has 46 heavy (non-hydrogen) atoms. The molecule has 4 aromatic rings. The molecule has 8 nitrogen and oxygen atoms in total. The molecule has 1 unspecified atom stereocenters. The third kappa shape index (κ3) is 7.74. The van der Waals surface area contributed by atoms with E-state index >= 15 is 0 Å². The maximum absolute atomic E-state index is 14.7. The molecule has 1 saturated heterocycles. The molecule has 240 valence electrons. The van der Waals surface area contributed by atoms with Gasteiger partial charge in [0.1, 0.15) is 0 Å². The Hall–Kier alpha value is -4.69. The van der Waals surface area contributed by atoms with Crippen molar-refractivity contribution in [2.24, 2.45) is 5.73 Å². The highest BCUT2D eigenvalue weighted by molar-refractivity contribution is 6.01. The third-order valence-corrected chi connectivity index (χ3v) is 8.79. The van der Waals surface area contributed by atoms with Crippen LogP contribution in [0.1, 0.15) is 54.7 Å².